The lowest BCUT2D eigenvalue weighted by atomic mass is 10.0. The van der Waals surface area contributed by atoms with Crippen LogP contribution in [-0.2, 0) is 28.6 Å². The molecule has 0 saturated heterocycles. The Morgan fingerprint density at radius 1 is 0.696 bits per heavy atom. The normalized spacial score (nSPS) is 11.6. The van der Waals surface area contributed by atoms with E-state index in [1.54, 1.807) is 37.4 Å². The topological polar surface area (TPSA) is 138 Å². The first-order valence-corrected chi connectivity index (χ1v) is 16.1. The maximum atomic E-state index is 13.6. The number of amides is 1. The standard InChI is InChI=1S/C36H50N2O8/c1-7-30(39)15-18-44-22-36(23-45-19-16-33(41)25(3)4,24-46-20-17-34(42)26(5)6)38-35(43)31-14-13-29(21-37-31)27-9-11-28(12-10-27)32(40)8-2/h9-14,21,25-26H,7-8,15-20,22-24H2,1-6H3,(H,38,43). The number of carbonyl (C=O) groups excluding carboxylic acids is 5. The van der Waals surface area contributed by atoms with Gasteiger partial charge in [0.25, 0.3) is 5.91 Å². The summed E-state index contributed by atoms with van der Waals surface area (Å²) in [5.41, 5.74) is 1.22. The van der Waals surface area contributed by atoms with E-state index in [9.17, 15) is 24.0 Å². The zero-order valence-electron chi connectivity index (χ0n) is 28.2. The zero-order chi connectivity index (χ0) is 34.1. The van der Waals surface area contributed by atoms with Gasteiger partial charge in [-0.2, -0.15) is 0 Å². The summed E-state index contributed by atoms with van der Waals surface area (Å²) in [7, 11) is 0. The predicted molar refractivity (Wildman–Crippen MR) is 176 cm³/mol. The first-order chi connectivity index (χ1) is 21.9. The average molecular weight is 639 g/mol. The molecule has 2 aromatic rings. The van der Waals surface area contributed by atoms with Gasteiger partial charge in [0, 0.05) is 61.3 Å². The highest BCUT2D eigenvalue weighted by molar-refractivity contribution is 5.96. The molecule has 0 aliphatic heterocycles. The van der Waals surface area contributed by atoms with Crippen molar-refractivity contribution in [2.45, 2.75) is 79.2 Å². The van der Waals surface area contributed by atoms with Crippen molar-refractivity contribution in [1.29, 1.82) is 0 Å². The van der Waals surface area contributed by atoms with Crippen LogP contribution in [0.15, 0.2) is 42.6 Å². The van der Waals surface area contributed by atoms with Crippen molar-refractivity contribution in [3.05, 3.63) is 53.9 Å². The molecule has 0 fully saturated rings. The number of benzene rings is 1. The van der Waals surface area contributed by atoms with Crippen molar-refractivity contribution >= 4 is 29.0 Å². The maximum absolute atomic E-state index is 13.6. The molecule has 1 aromatic heterocycles. The maximum Gasteiger partial charge on any atom is 0.270 e. The Balaban J connectivity index is 2.26. The number of rotatable bonds is 23. The van der Waals surface area contributed by atoms with E-state index in [4.69, 9.17) is 14.2 Å². The highest BCUT2D eigenvalue weighted by Gasteiger charge is 2.35. The molecule has 1 N–H and O–H groups in total. The third-order valence-corrected chi connectivity index (χ3v) is 7.56. The fourth-order valence-electron chi connectivity index (χ4n) is 4.38. The molecule has 0 saturated carbocycles. The molecule has 0 radical (unpaired) electrons. The van der Waals surface area contributed by atoms with Crippen LogP contribution in [0.5, 0.6) is 0 Å². The molecule has 1 heterocycles. The Morgan fingerprint density at radius 2 is 1.20 bits per heavy atom. The molecule has 0 unspecified atom stereocenters. The molecule has 0 atom stereocenters. The fraction of sp³-hybridized carbons (Fsp3) is 0.556. The molecule has 0 aliphatic rings. The van der Waals surface area contributed by atoms with Crippen molar-refractivity contribution in [2.24, 2.45) is 11.8 Å². The molecule has 0 spiro atoms. The van der Waals surface area contributed by atoms with E-state index in [2.05, 4.69) is 10.3 Å². The smallest absolute Gasteiger partial charge is 0.270 e. The molecule has 10 nitrogen and oxygen atoms in total. The van der Waals surface area contributed by atoms with Crippen LogP contribution >= 0.6 is 0 Å². The van der Waals surface area contributed by atoms with E-state index < -0.39 is 11.4 Å². The number of nitrogens with one attached hydrogen (secondary N) is 1. The Morgan fingerprint density at radius 3 is 1.63 bits per heavy atom. The number of Topliss-reactive ketones (excluding diaryl/α,β-unsaturated/α-hetero) is 4. The van der Waals surface area contributed by atoms with Crippen LogP contribution in [0.4, 0.5) is 0 Å². The van der Waals surface area contributed by atoms with Crippen molar-refractivity contribution < 1.29 is 38.2 Å². The van der Waals surface area contributed by atoms with Crippen LogP contribution in [0.25, 0.3) is 11.1 Å². The van der Waals surface area contributed by atoms with Gasteiger partial charge in [-0.05, 0) is 11.6 Å². The fourth-order valence-corrected chi connectivity index (χ4v) is 4.38. The van der Waals surface area contributed by atoms with Crippen LogP contribution in [0.2, 0.25) is 0 Å². The third-order valence-electron chi connectivity index (χ3n) is 7.56. The lowest BCUT2D eigenvalue weighted by Crippen LogP contribution is -2.59. The molecular formula is C36H50N2O8. The monoisotopic (exact) mass is 638 g/mol. The molecule has 0 bridgehead atoms. The van der Waals surface area contributed by atoms with Gasteiger partial charge in [-0.3, -0.25) is 29.0 Å². The second-order valence-electron chi connectivity index (χ2n) is 12.1. The van der Waals surface area contributed by atoms with Gasteiger partial charge in [-0.1, -0.05) is 71.9 Å². The minimum absolute atomic E-state index is 0.0348. The van der Waals surface area contributed by atoms with E-state index in [0.29, 0.717) is 18.4 Å². The van der Waals surface area contributed by atoms with Crippen molar-refractivity contribution in [3.63, 3.8) is 0 Å². The lowest BCUT2D eigenvalue weighted by molar-refractivity contribution is -0.123. The molecule has 1 amide bonds. The van der Waals surface area contributed by atoms with E-state index >= 15 is 0 Å². The summed E-state index contributed by atoms with van der Waals surface area (Å²) >= 11 is 0. The number of hydrogen-bond acceptors (Lipinski definition) is 9. The van der Waals surface area contributed by atoms with Gasteiger partial charge in [0.1, 0.15) is 28.6 Å². The zero-order valence-corrected chi connectivity index (χ0v) is 28.2. The first-order valence-electron chi connectivity index (χ1n) is 16.1. The van der Waals surface area contributed by atoms with Gasteiger partial charge in [-0.25, -0.2) is 0 Å². The van der Waals surface area contributed by atoms with Crippen LogP contribution in [0.3, 0.4) is 0 Å². The number of ketones is 4. The molecule has 0 aliphatic carbocycles. The summed E-state index contributed by atoms with van der Waals surface area (Å²) in [5, 5.41) is 2.99. The minimum atomic E-state index is -1.20. The SMILES string of the molecule is CCC(=O)CCOCC(COCCC(=O)C(C)C)(COCCC(=O)C(C)C)NC(=O)c1ccc(-c2ccc(C(=O)CC)cc2)cn1. The van der Waals surface area contributed by atoms with Crippen molar-refractivity contribution in [2.75, 3.05) is 39.6 Å². The molecule has 46 heavy (non-hydrogen) atoms. The van der Waals surface area contributed by atoms with Gasteiger partial charge in [0.05, 0.1) is 39.6 Å². The number of pyridine rings is 1. The summed E-state index contributed by atoms with van der Waals surface area (Å²) in [6.07, 6.45) is 3.07. The van der Waals surface area contributed by atoms with Crippen LogP contribution in [0, 0.1) is 11.8 Å². The summed E-state index contributed by atoms with van der Waals surface area (Å²) in [4.78, 5) is 66.1. The average Bonchev–Trinajstić information content (AvgIpc) is 3.06. The first kappa shape index (κ1) is 38.6. The van der Waals surface area contributed by atoms with Crippen LogP contribution in [0.1, 0.15) is 94.5 Å². The highest BCUT2D eigenvalue weighted by Crippen LogP contribution is 2.20. The summed E-state index contributed by atoms with van der Waals surface area (Å²) in [6.45, 7) is 11.2. The molecule has 252 valence electrons. The number of carbonyl (C=O) groups is 5. The van der Waals surface area contributed by atoms with Gasteiger partial charge >= 0.3 is 0 Å². The third kappa shape index (κ3) is 13.0. The second-order valence-corrected chi connectivity index (χ2v) is 12.1. The van der Waals surface area contributed by atoms with Gasteiger partial charge in [0.2, 0.25) is 0 Å². The van der Waals surface area contributed by atoms with Crippen molar-refractivity contribution in [3.8, 4) is 11.1 Å². The van der Waals surface area contributed by atoms with E-state index in [1.807, 2.05) is 46.8 Å². The molecule has 1 aromatic carbocycles. The van der Waals surface area contributed by atoms with Gasteiger partial charge < -0.3 is 19.5 Å². The van der Waals surface area contributed by atoms with E-state index in [1.165, 1.54) is 0 Å². The Bertz CT molecular complexity index is 1260. The number of ether oxygens (including phenoxy) is 3. The predicted octanol–water partition coefficient (Wildman–Crippen LogP) is 5.46. The summed E-state index contributed by atoms with van der Waals surface area (Å²) in [6, 6.07) is 10.6. The van der Waals surface area contributed by atoms with Gasteiger partial charge in [0.15, 0.2) is 5.78 Å². The number of hydrogen-bond donors (Lipinski definition) is 1. The quantitative estimate of drug-likeness (QED) is 0.124. The number of aromatic nitrogens is 1. The minimum Gasteiger partial charge on any atom is -0.378 e. The summed E-state index contributed by atoms with van der Waals surface area (Å²) in [5.74, 6) is -0.510. The summed E-state index contributed by atoms with van der Waals surface area (Å²) < 4.78 is 17.7. The highest BCUT2D eigenvalue weighted by atomic mass is 16.5. The van der Waals surface area contributed by atoms with Crippen LogP contribution in [-0.4, -0.2) is 79.2 Å². The Hall–Kier alpha value is -3.60. The Labute approximate surface area is 273 Å². The van der Waals surface area contributed by atoms with E-state index in [0.717, 1.165) is 11.1 Å². The Kier molecular flexibility index (Phi) is 16.6. The lowest BCUT2D eigenvalue weighted by Gasteiger charge is -2.34. The molecular weight excluding hydrogens is 588 g/mol. The number of nitrogens with zero attached hydrogens (tertiary/aromatic N) is 1. The largest absolute Gasteiger partial charge is 0.378 e. The molecule has 2 rings (SSSR count). The second kappa shape index (κ2) is 19.8. The van der Waals surface area contributed by atoms with E-state index in [-0.39, 0.29) is 99.6 Å². The van der Waals surface area contributed by atoms with Crippen LogP contribution < -0.4 is 5.32 Å². The van der Waals surface area contributed by atoms with Gasteiger partial charge in [-0.15, -0.1) is 0 Å². The molecule has 10 heteroatoms. The van der Waals surface area contributed by atoms with Crippen molar-refractivity contribution in [1.82, 2.24) is 10.3 Å².